The molecule has 0 aromatic rings. The van der Waals surface area contributed by atoms with E-state index in [-0.39, 0.29) is 0 Å². The van der Waals surface area contributed by atoms with E-state index in [0.717, 1.165) is 39.0 Å². The van der Waals surface area contributed by atoms with Gasteiger partial charge in [0.25, 0.3) is 0 Å². The van der Waals surface area contributed by atoms with Gasteiger partial charge in [0.15, 0.2) is 0 Å². The van der Waals surface area contributed by atoms with E-state index in [9.17, 15) is 4.79 Å². The highest BCUT2D eigenvalue weighted by Crippen LogP contribution is 2.30. The number of hydrogen-bond acceptors (Lipinski definition) is 3. The summed E-state index contributed by atoms with van der Waals surface area (Å²) >= 11 is 0. The van der Waals surface area contributed by atoms with Gasteiger partial charge >= 0.3 is 0 Å². The smallest absolute Gasteiger partial charge is 0.149 e. The maximum absolute atomic E-state index is 11.7. The molecule has 1 aliphatic carbocycles. The molecule has 15 heavy (non-hydrogen) atoms. The summed E-state index contributed by atoms with van der Waals surface area (Å²) in [6, 6.07) is 0.607. The van der Waals surface area contributed by atoms with E-state index in [0.29, 0.717) is 24.3 Å². The summed E-state index contributed by atoms with van der Waals surface area (Å²) in [5.41, 5.74) is 0. The Kier molecular flexibility index (Phi) is 3.42. The summed E-state index contributed by atoms with van der Waals surface area (Å²) in [6.45, 7) is 9.55. The van der Waals surface area contributed by atoms with Crippen LogP contribution in [0.15, 0.2) is 0 Å². The first-order valence-electron chi connectivity index (χ1n) is 6.19. The van der Waals surface area contributed by atoms with E-state index in [1.165, 1.54) is 0 Å². The number of carbonyl (C=O) groups excluding carboxylic acids is 1. The second-order valence-corrected chi connectivity index (χ2v) is 4.95. The Morgan fingerprint density at radius 1 is 1.33 bits per heavy atom. The number of piperazine rings is 1. The zero-order valence-electron chi connectivity index (χ0n) is 9.91. The lowest BCUT2D eigenvalue weighted by atomic mass is 10.1. The van der Waals surface area contributed by atoms with Gasteiger partial charge in [0.05, 0.1) is 6.54 Å². The number of ketones is 1. The van der Waals surface area contributed by atoms with Gasteiger partial charge < -0.3 is 0 Å². The third-order valence-electron chi connectivity index (χ3n) is 3.67. The molecule has 1 saturated carbocycles. The van der Waals surface area contributed by atoms with Crippen molar-refractivity contribution in [2.45, 2.75) is 32.7 Å². The van der Waals surface area contributed by atoms with E-state index < -0.39 is 0 Å². The Morgan fingerprint density at radius 3 is 2.60 bits per heavy atom. The van der Waals surface area contributed by atoms with Crippen molar-refractivity contribution < 1.29 is 4.79 Å². The van der Waals surface area contributed by atoms with Crippen molar-refractivity contribution in [1.82, 2.24) is 9.80 Å². The van der Waals surface area contributed by atoms with Crippen LogP contribution in [0, 0.1) is 5.92 Å². The first kappa shape index (κ1) is 11.1. The van der Waals surface area contributed by atoms with Crippen molar-refractivity contribution >= 4 is 5.78 Å². The minimum Gasteiger partial charge on any atom is -0.298 e. The van der Waals surface area contributed by atoms with Crippen LogP contribution < -0.4 is 0 Å². The summed E-state index contributed by atoms with van der Waals surface area (Å²) in [5, 5.41) is 0. The molecule has 0 bridgehead atoms. The van der Waals surface area contributed by atoms with E-state index in [1.807, 2.05) is 0 Å². The Bertz CT molecular complexity index is 238. The van der Waals surface area contributed by atoms with E-state index in [4.69, 9.17) is 0 Å². The first-order chi connectivity index (χ1) is 7.20. The fraction of sp³-hybridized carbons (Fsp3) is 0.917. The lowest BCUT2D eigenvalue weighted by Crippen LogP contribution is -2.52. The van der Waals surface area contributed by atoms with Gasteiger partial charge in [-0.1, -0.05) is 6.92 Å². The summed E-state index contributed by atoms with van der Waals surface area (Å²) in [4.78, 5) is 16.5. The van der Waals surface area contributed by atoms with Gasteiger partial charge in [0.2, 0.25) is 0 Å². The molecule has 0 aromatic heterocycles. The predicted octanol–water partition coefficient (Wildman–Crippen LogP) is 0.991. The fourth-order valence-corrected chi connectivity index (χ4v) is 2.44. The quantitative estimate of drug-likeness (QED) is 0.691. The highest BCUT2D eigenvalue weighted by molar-refractivity contribution is 5.85. The average Bonchev–Trinajstić information content (AvgIpc) is 3.01. The normalized spacial score (nSPS) is 29.3. The number of hydrogen-bond donors (Lipinski definition) is 0. The minimum absolute atomic E-state index is 0.421. The predicted molar refractivity (Wildman–Crippen MR) is 60.9 cm³/mol. The highest BCUT2D eigenvalue weighted by Gasteiger charge is 2.32. The van der Waals surface area contributed by atoms with Crippen molar-refractivity contribution in [2.75, 3.05) is 32.7 Å². The zero-order chi connectivity index (χ0) is 10.8. The molecule has 3 heteroatoms. The van der Waals surface area contributed by atoms with E-state index >= 15 is 0 Å². The summed E-state index contributed by atoms with van der Waals surface area (Å²) in [7, 11) is 0. The first-order valence-corrected chi connectivity index (χ1v) is 6.19. The SMILES string of the molecule is CCN1CCN(CC(=O)C2CC2)CC1C. The maximum atomic E-state index is 11.7. The molecule has 2 fully saturated rings. The lowest BCUT2D eigenvalue weighted by molar-refractivity contribution is -0.122. The van der Waals surface area contributed by atoms with Crippen LogP contribution in [0.4, 0.5) is 0 Å². The van der Waals surface area contributed by atoms with Crippen LogP contribution in [-0.2, 0) is 4.79 Å². The number of Topliss-reactive ketones (excluding diaryl/α,β-unsaturated/α-hetero) is 1. The molecule has 0 aromatic carbocycles. The summed E-state index contributed by atoms with van der Waals surface area (Å²) < 4.78 is 0. The van der Waals surface area contributed by atoms with Gasteiger partial charge in [0.1, 0.15) is 5.78 Å². The molecule has 1 saturated heterocycles. The largest absolute Gasteiger partial charge is 0.298 e. The van der Waals surface area contributed by atoms with Crippen molar-refractivity contribution in [1.29, 1.82) is 0 Å². The molecular weight excluding hydrogens is 188 g/mol. The van der Waals surface area contributed by atoms with Gasteiger partial charge in [-0.2, -0.15) is 0 Å². The fourth-order valence-electron chi connectivity index (χ4n) is 2.44. The van der Waals surface area contributed by atoms with Crippen molar-refractivity contribution in [2.24, 2.45) is 5.92 Å². The number of rotatable bonds is 4. The molecule has 86 valence electrons. The Hall–Kier alpha value is -0.410. The van der Waals surface area contributed by atoms with Crippen molar-refractivity contribution in [3.8, 4) is 0 Å². The molecule has 0 radical (unpaired) electrons. The molecule has 2 aliphatic rings. The molecule has 0 spiro atoms. The van der Waals surface area contributed by atoms with Crippen molar-refractivity contribution in [3.63, 3.8) is 0 Å². The van der Waals surface area contributed by atoms with Crippen LogP contribution in [0.25, 0.3) is 0 Å². The van der Waals surface area contributed by atoms with Gasteiger partial charge in [0, 0.05) is 31.6 Å². The molecule has 1 atom stereocenters. The topological polar surface area (TPSA) is 23.6 Å². The molecule has 1 unspecified atom stereocenters. The van der Waals surface area contributed by atoms with E-state index in [2.05, 4.69) is 23.6 Å². The number of carbonyl (C=O) groups is 1. The van der Waals surface area contributed by atoms with Gasteiger partial charge in [-0.15, -0.1) is 0 Å². The molecule has 3 nitrogen and oxygen atoms in total. The Labute approximate surface area is 92.4 Å². The summed E-state index contributed by atoms with van der Waals surface area (Å²) in [6.07, 6.45) is 2.28. The van der Waals surface area contributed by atoms with Crippen LogP contribution in [0.5, 0.6) is 0 Å². The lowest BCUT2D eigenvalue weighted by Gasteiger charge is -2.39. The number of nitrogens with zero attached hydrogens (tertiary/aromatic N) is 2. The van der Waals surface area contributed by atoms with Crippen LogP contribution in [0.3, 0.4) is 0 Å². The maximum Gasteiger partial charge on any atom is 0.149 e. The van der Waals surface area contributed by atoms with Crippen LogP contribution in [0.1, 0.15) is 26.7 Å². The standard InChI is InChI=1S/C12H22N2O/c1-3-14-7-6-13(8-10(14)2)9-12(15)11-4-5-11/h10-11H,3-9H2,1-2H3. The Morgan fingerprint density at radius 2 is 2.07 bits per heavy atom. The zero-order valence-corrected chi connectivity index (χ0v) is 9.91. The van der Waals surface area contributed by atoms with Gasteiger partial charge in [-0.05, 0) is 26.3 Å². The average molecular weight is 210 g/mol. The monoisotopic (exact) mass is 210 g/mol. The van der Waals surface area contributed by atoms with Crippen LogP contribution in [-0.4, -0.2) is 54.3 Å². The molecule has 0 amide bonds. The summed E-state index contributed by atoms with van der Waals surface area (Å²) in [5.74, 6) is 0.900. The van der Waals surface area contributed by atoms with Crippen LogP contribution in [0.2, 0.25) is 0 Å². The van der Waals surface area contributed by atoms with Gasteiger partial charge in [-0.3, -0.25) is 14.6 Å². The highest BCUT2D eigenvalue weighted by atomic mass is 16.1. The van der Waals surface area contributed by atoms with Crippen molar-refractivity contribution in [3.05, 3.63) is 0 Å². The second-order valence-electron chi connectivity index (χ2n) is 4.95. The number of likely N-dealkylation sites (N-methyl/N-ethyl adjacent to an activating group) is 1. The molecule has 1 heterocycles. The van der Waals surface area contributed by atoms with Gasteiger partial charge in [-0.25, -0.2) is 0 Å². The minimum atomic E-state index is 0.421. The third-order valence-corrected chi connectivity index (χ3v) is 3.67. The molecule has 2 rings (SSSR count). The van der Waals surface area contributed by atoms with Crippen LogP contribution >= 0.6 is 0 Å². The molecule has 1 aliphatic heterocycles. The third kappa shape index (κ3) is 2.79. The second kappa shape index (κ2) is 4.62. The molecule has 0 N–H and O–H groups in total. The molecular formula is C12H22N2O. The Balaban J connectivity index is 1.77. The van der Waals surface area contributed by atoms with E-state index in [1.54, 1.807) is 0 Å².